The number of hydrogen-bond donors (Lipinski definition) is 1. The highest BCUT2D eigenvalue weighted by molar-refractivity contribution is 5.81. The van der Waals surface area contributed by atoms with Gasteiger partial charge in [-0.05, 0) is 88.0 Å². The highest BCUT2D eigenvalue weighted by Crippen LogP contribution is 2.15. The van der Waals surface area contributed by atoms with Gasteiger partial charge in [-0.2, -0.15) is 0 Å². The largest absolute Gasteiger partial charge is 0.458 e. The molecular formula is C24H44N2O7. The third kappa shape index (κ3) is 16.9. The van der Waals surface area contributed by atoms with Gasteiger partial charge in [0.05, 0.1) is 0 Å². The number of hydrogen-bond acceptors (Lipinski definition) is 7. The maximum Gasteiger partial charge on any atom is 0.410 e. The number of alkyl carbamates (subject to hydrolysis) is 1. The Hall–Kier alpha value is -2.32. The van der Waals surface area contributed by atoms with Gasteiger partial charge in [0.15, 0.2) is 0 Å². The van der Waals surface area contributed by atoms with Crippen molar-refractivity contribution in [1.82, 2.24) is 10.2 Å². The van der Waals surface area contributed by atoms with Gasteiger partial charge in [0.25, 0.3) is 0 Å². The van der Waals surface area contributed by atoms with E-state index in [0.29, 0.717) is 38.8 Å². The number of nitrogens with one attached hydrogen (secondary N) is 1. The molecule has 0 heterocycles. The quantitative estimate of drug-likeness (QED) is 0.202. The van der Waals surface area contributed by atoms with Crippen molar-refractivity contribution in [3.63, 3.8) is 0 Å². The van der Waals surface area contributed by atoms with Crippen LogP contribution in [0.25, 0.3) is 0 Å². The molecule has 33 heavy (non-hydrogen) atoms. The molecule has 0 fully saturated rings. The summed E-state index contributed by atoms with van der Waals surface area (Å²) in [5.41, 5.74) is -2.07. The Balaban J connectivity index is 5.20. The van der Waals surface area contributed by atoms with E-state index in [9.17, 15) is 19.2 Å². The molecule has 2 amide bonds. The van der Waals surface area contributed by atoms with E-state index < -0.39 is 41.0 Å². The molecule has 9 heteroatoms. The highest BCUT2D eigenvalue weighted by atomic mass is 16.6. The average Bonchev–Trinajstić information content (AvgIpc) is 2.58. The maximum absolute atomic E-state index is 12.7. The van der Waals surface area contributed by atoms with E-state index in [1.807, 2.05) is 0 Å². The Morgan fingerprint density at radius 2 is 1.30 bits per heavy atom. The minimum atomic E-state index is -0.922. The van der Waals surface area contributed by atoms with Gasteiger partial charge in [0, 0.05) is 19.5 Å². The molecule has 0 aromatic carbocycles. The first-order chi connectivity index (χ1) is 14.9. The highest BCUT2D eigenvalue weighted by Gasteiger charge is 2.29. The maximum atomic E-state index is 12.7. The lowest BCUT2D eigenvalue weighted by molar-refractivity contribution is -0.157. The molecular weight excluding hydrogens is 428 g/mol. The van der Waals surface area contributed by atoms with Gasteiger partial charge < -0.3 is 29.2 Å². The molecule has 0 radical (unpaired) electrons. The van der Waals surface area contributed by atoms with Crippen molar-refractivity contribution in [2.75, 3.05) is 13.1 Å². The Bertz CT molecular complexity index is 643. The summed E-state index contributed by atoms with van der Waals surface area (Å²) in [5.74, 6) is -0.567. The number of esters is 1. The number of nitrogens with zero attached hydrogens (tertiary/aromatic N) is 1. The summed E-state index contributed by atoms with van der Waals surface area (Å²) in [4.78, 5) is 49.7. The van der Waals surface area contributed by atoms with Crippen molar-refractivity contribution >= 4 is 24.4 Å². The number of ether oxygens (including phenoxy) is 3. The first-order valence-electron chi connectivity index (χ1n) is 11.6. The van der Waals surface area contributed by atoms with Crippen molar-refractivity contribution in [3.8, 4) is 0 Å². The first-order valence-corrected chi connectivity index (χ1v) is 11.6. The lowest BCUT2D eigenvalue weighted by Crippen LogP contribution is -2.46. The summed E-state index contributed by atoms with van der Waals surface area (Å²) in [6.07, 6.45) is 2.12. The summed E-state index contributed by atoms with van der Waals surface area (Å²) >= 11 is 0. The molecule has 0 unspecified atom stereocenters. The topological polar surface area (TPSA) is 111 Å². The Morgan fingerprint density at radius 3 is 1.79 bits per heavy atom. The summed E-state index contributed by atoms with van der Waals surface area (Å²) < 4.78 is 16.2. The molecule has 192 valence electrons. The zero-order chi connectivity index (χ0) is 25.9. The van der Waals surface area contributed by atoms with E-state index in [-0.39, 0.29) is 6.42 Å². The van der Waals surface area contributed by atoms with Crippen molar-refractivity contribution < 1.29 is 33.4 Å². The fourth-order valence-electron chi connectivity index (χ4n) is 2.71. The van der Waals surface area contributed by atoms with Crippen LogP contribution in [0.2, 0.25) is 0 Å². The molecule has 0 aliphatic rings. The van der Waals surface area contributed by atoms with Crippen LogP contribution < -0.4 is 5.32 Å². The number of carbonyl (C=O) groups is 4. The van der Waals surface area contributed by atoms with Crippen molar-refractivity contribution in [3.05, 3.63) is 0 Å². The molecule has 0 aromatic rings. The zero-order valence-corrected chi connectivity index (χ0v) is 21.9. The second-order valence-corrected chi connectivity index (χ2v) is 11.0. The number of amides is 2. The molecule has 1 N–H and O–H groups in total. The van der Waals surface area contributed by atoms with Crippen LogP contribution >= 0.6 is 0 Å². The standard InChI is InChI=1S/C24H44N2O7/c1-22(2,3)31-19(28)18(25-20(29)32-23(4,5)6)14-13-16-26(15-11-10-12-17-27)21(30)33-24(7,8)9/h17-18H,10-16H2,1-9H3,(H,25,29)/t18-/m0/s1. The first kappa shape index (κ1) is 30.7. The number of carbonyl (C=O) groups excluding carboxylic acids is 4. The SMILES string of the molecule is CC(C)(C)OC(=O)N[C@@H](CCCN(CCCCC=O)C(=O)OC(C)(C)C)C(=O)OC(C)(C)C. The summed E-state index contributed by atoms with van der Waals surface area (Å²) in [6, 6.07) is -0.922. The average molecular weight is 473 g/mol. The van der Waals surface area contributed by atoms with Gasteiger partial charge in [-0.25, -0.2) is 14.4 Å². The van der Waals surface area contributed by atoms with E-state index >= 15 is 0 Å². The van der Waals surface area contributed by atoms with Crippen LogP contribution in [0.4, 0.5) is 9.59 Å². The van der Waals surface area contributed by atoms with E-state index in [1.54, 1.807) is 67.2 Å². The van der Waals surface area contributed by atoms with E-state index in [1.165, 1.54) is 0 Å². The van der Waals surface area contributed by atoms with Crippen LogP contribution in [0.3, 0.4) is 0 Å². The van der Waals surface area contributed by atoms with Crippen LogP contribution in [-0.4, -0.2) is 65.3 Å². The Kier molecular flexibility index (Phi) is 12.5. The van der Waals surface area contributed by atoms with Gasteiger partial charge in [-0.3, -0.25) is 0 Å². The van der Waals surface area contributed by atoms with Gasteiger partial charge in [-0.1, -0.05) is 0 Å². The fraction of sp³-hybridized carbons (Fsp3) is 0.833. The molecule has 0 saturated carbocycles. The fourth-order valence-corrected chi connectivity index (χ4v) is 2.71. The smallest absolute Gasteiger partial charge is 0.410 e. The predicted molar refractivity (Wildman–Crippen MR) is 126 cm³/mol. The van der Waals surface area contributed by atoms with Crippen LogP contribution in [0.5, 0.6) is 0 Å². The van der Waals surface area contributed by atoms with Gasteiger partial charge in [0.1, 0.15) is 29.1 Å². The Morgan fingerprint density at radius 1 is 0.788 bits per heavy atom. The lowest BCUT2D eigenvalue weighted by atomic mass is 10.1. The molecule has 0 aromatic heterocycles. The molecule has 1 atom stereocenters. The zero-order valence-electron chi connectivity index (χ0n) is 21.9. The van der Waals surface area contributed by atoms with Crippen LogP contribution in [0.15, 0.2) is 0 Å². The van der Waals surface area contributed by atoms with E-state index in [2.05, 4.69) is 5.32 Å². The van der Waals surface area contributed by atoms with Crippen molar-refractivity contribution in [2.24, 2.45) is 0 Å². The molecule has 9 nitrogen and oxygen atoms in total. The van der Waals surface area contributed by atoms with Gasteiger partial charge in [-0.15, -0.1) is 0 Å². The predicted octanol–water partition coefficient (Wildman–Crippen LogP) is 4.61. The monoisotopic (exact) mass is 472 g/mol. The summed E-state index contributed by atoms with van der Waals surface area (Å²) in [7, 11) is 0. The van der Waals surface area contributed by atoms with Crippen LogP contribution in [0.1, 0.15) is 94.4 Å². The molecule has 0 spiro atoms. The third-order valence-electron chi connectivity index (χ3n) is 3.95. The second-order valence-electron chi connectivity index (χ2n) is 11.0. The third-order valence-corrected chi connectivity index (χ3v) is 3.95. The minimum Gasteiger partial charge on any atom is -0.458 e. The second kappa shape index (κ2) is 13.4. The van der Waals surface area contributed by atoms with Gasteiger partial charge >= 0.3 is 18.2 Å². The van der Waals surface area contributed by atoms with Crippen molar-refractivity contribution in [1.29, 1.82) is 0 Å². The Labute approximate surface area is 198 Å². The summed E-state index contributed by atoms with van der Waals surface area (Å²) in [6.45, 7) is 16.6. The van der Waals surface area contributed by atoms with Crippen LogP contribution in [-0.2, 0) is 23.8 Å². The van der Waals surface area contributed by atoms with Gasteiger partial charge in [0.2, 0.25) is 0 Å². The molecule has 0 saturated heterocycles. The minimum absolute atomic E-state index is 0.252. The van der Waals surface area contributed by atoms with Crippen LogP contribution in [0, 0.1) is 0 Å². The molecule has 0 aliphatic carbocycles. The molecule has 0 rings (SSSR count). The van der Waals surface area contributed by atoms with Crippen molar-refractivity contribution in [2.45, 2.75) is 117 Å². The normalized spacial score (nSPS) is 13.0. The number of unbranched alkanes of at least 4 members (excludes halogenated alkanes) is 2. The van der Waals surface area contributed by atoms with E-state index in [4.69, 9.17) is 14.2 Å². The number of aldehydes is 1. The molecule has 0 aliphatic heterocycles. The molecule has 0 bridgehead atoms. The lowest BCUT2D eigenvalue weighted by Gasteiger charge is -2.29. The number of rotatable bonds is 11. The van der Waals surface area contributed by atoms with E-state index in [0.717, 1.165) is 6.29 Å². The summed E-state index contributed by atoms with van der Waals surface area (Å²) in [5, 5.41) is 2.59.